The third kappa shape index (κ3) is 2.73. The fourth-order valence-corrected chi connectivity index (χ4v) is 2.84. The quantitative estimate of drug-likeness (QED) is 0.508. The summed E-state index contributed by atoms with van der Waals surface area (Å²) in [5, 5.41) is 4.22. The molecule has 0 spiro atoms. The third-order valence-electron chi connectivity index (χ3n) is 3.97. The summed E-state index contributed by atoms with van der Waals surface area (Å²) in [7, 11) is 0. The Kier molecular flexibility index (Phi) is 3.96. The highest BCUT2D eigenvalue weighted by atomic mass is 19.1. The zero-order valence-electron chi connectivity index (χ0n) is 13.9. The van der Waals surface area contributed by atoms with Gasteiger partial charge in [-0.05, 0) is 19.1 Å². The van der Waals surface area contributed by atoms with Gasteiger partial charge in [0.25, 0.3) is 0 Å². The zero-order chi connectivity index (χ0) is 18.1. The second kappa shape index (κ2) is 6.43. The maximum Gasteiger partial charge on any atom is 0.162 e. The van der Waals surface area contributed by atoms with E-state index in [0.717, 1.165) is 6.29 Å². The first-order chi connectivity index (χ1) is 12.7. The average molecular weight is 351 g/mol. The number of imidazole rings is 1. The molecule has 4 aromatic heterocycles. The van der Waals surface area contributed by atoms with E-state index in [-0.39, 0.29) is 12.1 Å². The van der Waals surface area contributed by atoms with Crippen molar-refractivity contribution in [1.29, 1.82) is 0 Å². The number of aryl methyl sites for hydroxylation is 1. The lowest BCUT2D eigenvalue weighted by Gasteiger charge is -2.11. The number of halogens is 1. The molecule has 8 nitrogen and oxygen atoms in total. The molecule has 0 aliphatic carbocycles. The van der Waals surface area contributed by atoms with Gasteiger partial charge in [-0.2, -0.15) is 5.10 Å². The summed E-state index contributed by atoms with van der Waals surface area (Å²) in [6, 6.07) is 2.86. The van der Waals surface area contributed by atoms with Crippen LogP contribution in [-0.2, 0) is 17.8 Å². The van der Waals surface area contributed by atoms with E-state index in [0.29, 0.717) is 35.1 Å². The lowest BCUT2D eigenvalue weighted by Crippen LogP contribution is -2.10. The molecule has 0 aliphatic heterocycles. The van der Waals surface area contributed by atoms with Crippen LogP contribution in [0.5, 0.6) is 0 Å². The molecule has 0 fully saturated rings. The molecule has 0 unspecified atom stereocenters. The highest BCUT2D eigenvalue weighted by molar-refractivity contribution is 5.63. The number of fused-ring (bicyclic) bond motifs is 1. The average Bonchev–Trinajstić information content (AvgIpc) is 3.23. The number of aromatic nitrogens is 7. The van der Waals surface area contributed by atoms with Crippen molar-refractivity contribution < 1.29 is 9.18 Å². The van der Waals surface area contributed by atoms with Crippen LogP contribution in [0, 0.1) is 12.7 Å². The fraction of sp³-hybridized carbons (Fsp3) is 0.176. The van der Waals surface area contributed by atoms with Gasteiger partial charge in [-0.15, -0.1) is 0 Å². The van der Waals surface area contributed by atoms with Crippen LogP contribution in [0.25, 0.3) is 17.2 Å². The largest absolute Gasteiger partial charge is 0.324 e. The van der Waals surface area contributed by atoms with Gasteiger partial charge >= 0.3 is 0 Å². The molecule has 9 heteroatoms. The minimum atomic E-state index is -0.454. The third-order valence-corrected chi connectivity index (χ3v) is 3.97. The summed E-state index contributed by atoms with van der Waals surface area (Å²) in [5.74, 6) is 0.527. The van der Waals surface area contributed by atoms with Crippen LogP contribution < -0.4 is 0 Å². The summed E-state index contributed by atoms with van der Waals surface area (Å²) in [6.45, 7) is 2.08. The Balaban J connectivity index is 1.79. The number of hydrogen-bond donors (Lipinski definition) is 0. The molecule has 0 N–H and O–H groups in total. The Morgan fingerprint density at radius 1 is 1.23 bits per heavy atom. The van der Waals surface area contributed by atoms with Gasteiger partial charge in [0.15, 0.2) is 17.3 Å². The minimum absolute atomic E-state index is 0.160. The highest BCUT2D eigenvalue weighted by Crippen LogP contribution is 2.21. The van der Waals surface area contributed by atoms with Crippen LogP contribution in [0.3, 0.4) is 0 Å². The van der Waals surface area contributed by atoms with Gasteiger partial charge < -0.3 is 9.36 Å². The van der Waals surface area contributed by atoms with Crippen molar-refractivity contribution in [3.05, 3.63) is 59.9 Å². The maximum atomic E-state index is 14.1. The van der Waals surface area contributed by atoms with E-state index in [9.17, 15) is 9.18 Å². The van der Waals surface area contributed by atoms with E-state index in [4.69, 9.17) is 0 Å². The van der Waals surface area contributed by atoms with Crippen molar-refractivity contribution in [1.82, 2.24) is 34.1 Å². The first-order valence-corrected chi connectivity index (χ1v) is 7.92. The predicted molar refractivity (Wildman–Crippen MR) is 89.8 cm³/mol. The lowest BCUT2D eigenvalue weighted by atomic mass is 10.1. The summed E-state index contributed by atoms with van der Waals surface area (Å²) in [4.78, 5) is 28.2. The van der Waals surface area contributed by atoms with E-state index in [1.54, 1.807) is 34.7 Å². The number of nitrogens with zero attached hydrogens (tertiary/aromatic N) is 7. The van der Waals surface area contributed by atoms with E-state index in [1.807, 2.05) is 0 Å². The first-order valence-electron chi connectivity index (χ1n) is 7.92. The number of pyridine rings is 1. The molecular formula is C17H14FN7O. The summed E-state index contributed by atoms with van der Waals surface area (Å²) >= 11 is 0. The minimum Gasteiger partial charge on any atom is -0.324 e. The number of rotatable bonds is 5. The predicted octanol–water partition coefficient (Wildman–Crippen LogP) is 1.62. The molecule has 26 heavy (non-hydrogen) atoms. The topological polar surface area (TPSA) is 90.9 Å². The van der Waals surface area contributed by atoms with Crippen molar-refractivity contribution in [3.63, 3.8) is 0 Å². The Hall–Kier alpha value is -3.49. The molecule has 130 valence electrons. The standard InChI is InChI=1S/C17H14FN7O/c1-11-22-16-12(4-8-26)14(21-10-25(16)23-11)9-24-7-6-20-17(24)15-13(18)3-2-5-19-15/h2-3,5-8,10H,4,9H2,1H3. The Bertz CT molecular complexity index is 1100. The van der Waals surface area contributed by atoms with Gasteiger partial charge in [0, 0.05) is 30.6 Å². The van der Waals surface area contributed by atoms with Crippen molar-refractivity contribution in [2.45, 2.75) is 19.9 Å². The van der Waals surface area contributed by atoms with Crippen LogP contribution in [0.2, 0.25) is 0 Å². The van der Waals surface area contributed by atoms with Gasteiger partial charge in [-0.3, -0.25) is 0 Å². The molecule has 0 atom stereocenters. The summed E-state index contributed by atoms with van der Waals surface area (Å²) in [6.07, 6.45) is 7.32. The van der Waals surface area contributed by atoms with Gasteiger partial charge in [0.05, 0.1) is 12.2 Å². The number of carbonyl (C=O) groups is 1. The molecule has 4 rings (SSSR count). The maximum absolute atomic E-state index is 14.1. The molecule has 0 radical (unpaired) electrons. The lowest BCUT2D eigenvalue weighted by molar-refractivity contribution is -0.107. The monoisotopic (exact) mass is 351 g/mol. The van der Waals surface area contributed by atoms with Crippen molar-refractivity contribution in [2.75, 3.05) is 0 Å². The van der Waals surface area contributed by atoms with Crippen LogP contribution in [0.4, 0.5) is 4.39 Å². The van der Waals surface area contributed by atoms with Gasteiger partial charge in [-0.25, -0.2) is 28.8 Å². The van der Waals surface area contributed by atoms with Crippen molar-refractivity contribution in [2.24, 2.45) is 0 Å². The van der Waals surface area contributed by atoms with Gasteiger partial charge in [0.2, 0.25) is 0 Å². The van der Waals surface area contributed by atoms with Crippen LogP contribution >= 0.6 is 0 Å². The molecule has 0 bridgehead atoms. The van der Waals surface area contributed by atoms with Crippen molar-refractivity contribution >= 4 is 11.9 Å². The van der Waals surface area contributed by atoms with Crippen LogP contribution in [0.1, 0.15) is 17.1 Å². The molecule has 4 heterocycles. The van der Waals surface area contributed by atoms with E-state index >= 15 is 0 Å². The highest BCUT2D eigenvalue weighted by Gasteiger charge is 2.17. The molecular weight excluding hydrogens is 337 g/mol. The van der Waals surface area contributed by atoms with Gasteiger partial charge in [-0.1, -0.05) is 0 Å². The molecule has 0 aromatic carbocycles. The van der Waals surface area contributed by atoms with Crippen molar-refractivity contribution in [3.8, 4) is 11.5 Å². The fourth-order valence-electron chi connectivity index (χ4n) is 2.84. The second-order valence-electron chi connectivity index (χ2n) is 5.68. The van der Waals surface area contributed by atoms with E-state index < -0.39 is 5.82 Å². The Labute approximate surface area is 147 Å². The molecule has 0 aliphatic rings. The summed E-state index contributed by atoms with van der Waals surface area (Å²) < 4.78 is 17.4. The normalized spacial score (nSPS) is 11.2. The van der Waals surface area contributed by atoms with Crippen LogP contribution in [0.15, 0.2) is 37.1 Å². The second-order valence-corrected chi connectivity index (χ2v) is 5.68. The van der Waals surface area contributed by atoms with Crippen LogP contribution in [-0.4, -0.2) is 40.4 Å². The van der Waals surface area contributed by atoms with Gasteiger partial charge in [0.1, 0.15) is 24.1 Å². The number of aldehydes is 1. The molecule has 4 aromatic rings. The SMILES string of the molecule is Cc1nc2c(CC=O)c(Cn3ccnc3-c3ncccc3F)ncn2n1. The molecule has 0 amide bonds. The first kappa shape index (κ1) is 16.0. The zero-order valence-corrected chi connectivity index (χ0v) is 13.9. The molecule has 0 saturated heterocycles. The Morgan fingerprint density at radius 2 is 2.12 bits per heavy atom. The number of carbonyl (C=O) groups excluding carboxylic acids is 1. The molecule has 0 saturated carbocycles. The van der Waals surface area contributed by atoms with E-state index in [2.05, 4.69) is 25.0 Å². The smallest absolute Gasteiger partial charge is 0.162 e. The number of hydrogen-bond acceptors (Lipinski definition) is 6. The Morgan fingerprint density at radius 3 is 2.92 bits per heavy atom. The van der Waals surface area contributed by atoms with E-state index in [1.165, 1.54) is 18.3 Å². The summed E-state index contributed by atoms with van der Waals surface area (Å²) in [5.41, 5.74) is 2.08.